The Labute approximate surface area is 78.1 Å². The van der Waals surface area contributed by atoms with Gasteiger partial charge in [0, 0.05) is 6.99 Å². The highest BCUT2D eigenvalue weighted by molar-refractivity contribution is 7.89. The summed E-state index contributed by atoms with van der Waals surface area (Å²) in [5, 5.41) is 0. The van der Waals surface area contributed by atoms with E-state index in [1.807, 2.05) is 0 Å². The first-order valence-corrected chi connectivity index (χ1v) is 5.07. The zero-order valence-electron chi connectivity index (χ0n) is 7.02. The molecule has 0 aliphatic heterocycles. The van der Waals surface area contributed by atoms with Gasteiger partial charge in [-0.3, -0.25) is 4.79 Å². The highest BCUT2D eigenvalue weighted by Gasteiger charge is 2.09. The molecule has 0 atom stereocenters. The normalized spacial score (nSPS) is 11.2. The van der Waals surface area contributed by atoms with Gasteiger partial charge in [-0.1, -0.05) is 12.1 Å². The van der Waals surface area contributed by atoms with Crippen LogP contribution in [0.4, 0.5) is 0 Å². The summed E-state index contributed by atoms with van der Waals surface area (Å²) < 4.78 is 24.6. The van der Waals surface area contributed by atoms with Gasteiger partial charge in [0.1, 0.15) is 6.29 Å². The van der Waals surface area contributed by atoms with Crippen LogP contribution in [0.3, 0.4) is 0 Å². The molecule has 0 aliphatic rings. The van der Waals surface area contributed by atoms with Crippen molar-refractivity contribution in [3.63, 3.8) is 0 Å². The molecule has 72 valence electrons. The minimum Gasteiger partial charge on any atom is -0.298 e. The Morgan fingerprint density at radius 2 is 1.85 bits per heavy atom. The molecule has 1 rings (SSSR count). The molecule has 13 heavy (non-hydrogen) atoms. The van der Waals surface area contributed by atoms with Crippen molar-refractivity contribution in [2.45, 2.75) is 4.90 Å². The van der Waals surface area contributed by atoms with Gasteiger partial charge in [-0.05, 0) is 19.2 Å². The van der Waals surface area contributed by atoms with Crippen LogP contribution >= 0.6 is 0 Å². The fourth-order valence-electron chi connectivity index (χ4n) is 0.843. The van der Waals surface area contributed by atoms with Gasteiger partial charge in [-0.15, -0.1) is 0 Å². The second-order valence-electron chi connectivity index (χ2n) is 2.39. The topological polar surface area (TPSA) is 63.2 Å². The quantitative estimate of drug-likeness (QED) is 0.730. The number of sulfonamides is 1. The fraction of sp³-hybridized carbons (Fsp3) is 0.125. The van der Waals surface area contributed by atoms with Crippen molar-refractivity contribution < 1.29 is 14.6 Å². The molecule has 0 saturated heterocycles. The van der Waals surface area contributed by atoms with Crippen molar-refractivity contribution in [2.24, 2.45) is 0 Å². The van der Waals surface area contributed by atoms with E-state index in [0.29, 0.717) is 11.8 Å². The molecule has 0 heterocycles. The SMILES string of the molecule is CNS(=O)(=O)c1ccc(C=O)cc1.[HH]. The highest BCUT2D eigenvalue weighted by Crippen LogP contribution is 2.08. The summed E-state index contributed by atoms with van der Waals surface area (Å²) in [6.07, 6.45) is 0.662. The maximum Gasteiger partial charge on any atom is 0.240 e. The second kappa shape index (κ2) is 3.68. The van der Waals surface area contributed by atoms with Crippen molar-refractivity contribution in [1.29, 1.82) is 0 Å². The monoisotopic (exact) mass is 201 g/mol. The zero-order valence-corrected chi connectivity index (χ0v) is 7.84. The van der Waals surface area contributed by atoms with Gasteiger partial charge in [0.2, 0.25) is 10.0 Å². The summed E-state index contributed by atoms with van der Waals surface area (Å²) in [6.45, 7) is 0. The Morgan fingerprint density at radius 3 is 2.23 bits per heavy atom. The molecule has 0 radical (unpaired) electrons. The number of hydrogen-bond acceptors (Lipinski definition) is 3. The third-order valence-corrected chi connectivity index (χ3v) is 3.03. The molecular weight excluding hydrogens is 190 g/mol. The van der Waals surface area contributed by atoms with E-state index in [4.69, 9.17) is 0 Å². The lowest BCUT2D eigenvalue weighted by molar-refractivity contribution is 0.112. The molecule has 1 aromatic carbocycles. The number of hydrogen-bond donors (Lipinski definition) is 1. The van der Waals surface area contributed by atoms with Crippen LogP contribution in [0.25, 0.3) is 0 Å². The van der Waals surface area contributed by atoms with Gasteiger partial charge in [0.15, 0.2) is 0 Å². The van der Waals surface area contributed by atoms with Crippen LogP contribution in [0.2, 0.25) is 0 Å². The average Bonchev–Trinajstić information content (AvgIpc) is 2.18. The van der Waals surface area contributed by atoms with Crippen molar-refractivity contribution in [3.8, 4) is 0 Å². The molecule has 4 nitrogen and oxygen atoms in total. The standard InChI is InChI=1S/C8H9NO3S.H2/c1-9-13(11,12)8-4-2-7(6-10)3-5-8;/h2-6,9H,1H3;1H. The molecule has 0 spiro atoms. The van der Waals surface area contributed by atoms with Crippen LogP contribution < -0.4 is 4.72 Å². The average molecular weight is 201 g/mol. The maximum atomic E-state index is 11.2. The van der Waals surface area contributed by atoms with Crippen LogP contribution in [-0.2, 0) is 10.0 Å². The number of carbonyl (C=O) groups is 1. The van der Waals surface area contributed by atoms with Gasteiger partial charge >= 0.3 is 0 Å². The Bertz CT molecular complexity index is 399. The molecule has 0 fully saturated rings. The van der Waals surface area contributed by atoms with Gasteiger partial charge in [0.25, 0.3) is 0 Å². The van der Waals surface area contributed by atoms with E-state index < -0.39 is 10.0 Å². The largest absolute Gasteiger partial charge is 0.298 e. The van der Waals surface area contributed by atoms with E-state index in [-0.39, 0.29) is 6.32 Å². The molecule has 0 aromatic heterocycles. The molecule has 0 saturated carbocycles. The van der Waals surface area contributed by atoms with E-state index in [9.17, 15) is 13.2 Å². The summed E-state index contributed by atoms with van der Waals surface area (Å²) in [7, 11) is -2.05. The number of benzene rings is 1. The number of nitrogens with one attached hydrogen (secondary N) is 1. The van der Waals surface area contributed by atoms with Crippen molar-refractivity contribution in [1.82, 2.24) is 4.72 Å². The van der Waals surface area contributed by atoms with Gasteiger partial charge < -0.3 is 0 Å². The van der Waals surface area contributed by atoms with E-state index in [0.717, 1.165) is 0 Å². The molecule has 0 aliphatic carbocycles. The molecule has 1 N–H and O–H groups in total. The first-order valence-electron chi connectivity index (χ1n) is 3.59. The minimum absolute atomic E-state index is 0. The Balaban J connectivity index is 0.00000169. The maximum absolute atomic E-state index is 11.2. The van der Waals surface area contributed by atoms with Crippen molar-refractivity contribution >= 4 is 16.3 Å². The second-order valence-corrected chi connectivity index (χ2v) is 4.28. The van der Waals surface area contributed by atoms with Crippen molar-refractivity contribution in [3.05, 3.63) is 29.8 Å². The van der Waals surface area contributed by atoms with E-state index in [1.54, 1.807) is 0 Å². The third-order valence-electron chi connectivity index (χ3n) is 1.60. The molecule has 0 amide bonds. The van der Waals surface area contributed by atoms with Crippen LogP contribution in [0.15, 0.2) is 29.2 Å². The summed E-state index contributed by atoms with van der Waals surface area (Å²) in [4.78, 5) is 10.4. The number of carbonyl (C=O) groups excluding carboxylic acids is 1. The third kappa shape index (κ3) is 2.13. The zero-order chi connectivity index (χ0) is 9.90. The summed E-state index contributed by atoms with van der Waals surface area (Å²) in [6, 6.07) is 5.68. The number of aldehydes is 1. The van der Waals surface area contributed by atoms with Gasteiger partial charge in [-0.2, -0.15) is 0 Å². The lowest BCUT2D eigenvalue weighted by Crippen LogP contribution is -2.18. The minimum atomic E-state index is -3.39. The first-order chi connectivity index (χ1) is 6.10. The predicted octanol–water partition coefficient (Wildman–Crippen LogP) is 0.653. The Hall–Kier alpha value is -1.20. The van der Waals surface area contributed by atoms with Crippen LogP contribution in [0, 0.1) is 0 Å². The Morgan fingerprint density at radius 1 is 1.31 bits per heavy atom. The van der Waals surface area contributed by atoms with Crippen molar-refractivity contribution in [2.75, 3.05) is 7.05 Å². The highest BCUT2D eigenvalue weighted by atomic mass is 32.2. The molecule has 1 aromatic rings. The lowest BCUT2D eigenvalue weighted by atomic mass is 10.2. The summed E-state index contributed by atoms with van der Waals surface area (Å²) in [5.74, 6) is 0. The van der Waals surface area contributed by atoms with Crippen LogP contribution in [-0.4, -0.2) is 21.8 Å². The number of rotatable bonds is 3. The summed E-state index contributed by atoms with van der Waals surface area (Å²) in [5.41, 5.74) is 0.454. The van der Waals surface area contributed by atoms with Gasteiger partial charge in [0.05, 0.1) is 4.90 Å². The van der Waals surface area contributed by atoms with E-state index in [2.05, 4.69) is 4.72 Å². The summed E-state index contributed by atoms with van der Waals surface area (Å²) >= 11 is 0. The predicted molar refractivity (Wildman–Crippen MR) is 50.2 cm³/mol. The molecular formula is C8H11NO3S. The first kappa shape index (κ1) is 9.88. The van der Waals surface area contributed by atoms with Crippen LogP contribution in [0.1, 0.15) is 11.8 Å². The smallest absolute Gasteiger partial charge is 0.240 e. The molecule has 5 heteroatoms. The molecule has 0 bridgehead atoms. The van der Waals surface area contributed by atoms with Crippen LogP contribution in [0.5, 0.6) is 0 Å². The lowest BCUT2D eigenvalue weighted by Gasteiger charge is -2.01. The van der Waals surface area contributed by atoms with E-state index >= 15 is 0 Å². The van der Waals surface area contributed by atoms with Gasteiger partial charge in [-0.25, -0.2) is 13.1 Å². The fourth-order valence-corrected chi connectivity index (χ4v) is 1.57. The Kier molecular flexibility index (Phi) is 2.79. The van der Waals surface area contributed by atoms with E-state index in [1.165, 1.54) is 31.3 Å². The molecule has 0 unspecified atom stereocenters.